The van der Waals surface area contributed by atoms with Crippen LogP contribution in [0.3, 0.4) is 0 Å². The summed E-state index contributed by atoms with van der Waals surface area (Å²) in [6.07, 6.45) is 2.75. The Labute approximate surface area is 108 Å². The molecule has 0 spiro atoms. The molecule has 0 unspecified atom stereocenters. The van der Waals surface area contributed by atoms with Crippen molar-refractivity contribution in [3.63, 3.8) is 0 Å². The molecule has 0 heterocycles. The summed E-state index contributed by atoms with van der Waals surface area (Å²) in [5, 5.41) is 4.37. The Hall–Kier alpha value is -0.570. The number of rotatable bonds is 5. The molecule has 1 fully saturated rings. The van der Waals surface area contributed by atoms with Gasteiger partial charge in [0.2, 0.25) is 0 Å². The smallest absolute Gasteiger partial charge is 0.0604 e. The third kappa shape index (κ3) is 3.44. The number of hydrogen-bond acceptors (Lipinski definition) is 2. The van der Waals surface area contributed by atoms with Gasteiger partial charge in [0, 0.05) is 24.2 Å². The SMILES string of the molecule is CCOC1CC(NCc2ccc(Cl)cc2C)C1. The zero-order chi connectivity index (χ0) is 12.3. The lowest BCUT2D eigenvalue weighted by Gasteiger charge is -2.35. The molecule has 94 valence electrons. The van der Waals surface area contributed by atoms with Crippen molar-refractivity contribution in [2.75, 3.05) is 6.61 Å². The average Bonchev–Trinajstić information content (AvgIpc) is 2.23. The molecule has 0 amide bonds. The highest BCUT2D eigenvalue weighted by Crippen LogP contribution is 2.24. The zero-order valence-electron chi connectivity index (χ0n) is 10.5. The lowest BCUT2D eigenvalue weighted by Crippen LogP contribution is -2.45. The van der Waals surface area contributed by atoms with Crippen molar-refractivity contribution in [1.82, 2.24) is 5.32 Å². The second kappa shape index (κ2) is 5.85. The lowest BCUT2D eigenvalue weighted by molar-refractivity contribution is -0.0102. The van der Waals surface area contributed by atoms with Crippen LogP contribution in [0.1, 0.15) is 30.9 Å². The summed E-state index contributed by atoms with van der Waals surface area (Å²) in [6.45, 7) is 5.91. The van der Waals surface area contributed by atoms with Crippen LogP contribution in [-0.4, -0.2) is 18.8 Å². The molecule has 1 N–H and O–H groups in total. The van der Waals surface area contributed by atoms with E-state index in [0.717, 1.165) is 31.0 Å². The predicted octanol–water partition coefficient (Wildman–Crippen LogP) is 3.31. The Morgan fingerprint density at radius 3 is 2.82 bits per heavy atom. The Morgan fingerprint density at radius 1 is 1.41 bits per heavy atom. The van der Waals surface area contributed by atoms with Gasteiger partial charge in [-0.05, 0) is 49.9 Å². The Balaban J connectivity index is 1.76. The zero-order valence-corrected chi connectivity index (χ0v) is 11.3. The van der Waals surface area contributed by atoms with Gasteiger partial charge in [-0.3, -0.25) is 0 Å². The van der Waals surface area contributed by atoms with Crippen LogP contribution in [0.5, 0.6) is 0 Å². The minimum absolute atomic E-state index is 0.476. The molecular formula is C14H20ClNO. The third-order valence-electron chi connectivity index (χ3n) is 3.38. The molecule has 0 bridgehead atoms. The minimum Gasteiger partial charge on any atom is -0.378 e. The largest absolute Gasteiger partial charge is 0.378 e. The maximum Gasteiger partial charge on any atom is 0.0604 e. The van der Waals surface area contributed by atoms with Gasteiger partial charge in [0.25, 0.3) is 0 Å². The summed E-state index contributed by atoms with van der Waals surface area (Å²) in [5.41, 5.74) is 2.58. The van der Waals surface area contributed by atoms with Crippen molar-refractivity contribution < 1.29 is 4.74 Å². The summed E-state index contributed by atoms with van der Waals surface area (Å²) < 4.78 is 5.54. The number of aryl methyl sites for hydroxylation is 1. The summed E-state index contributed by atoms with van der Waals surface area (Å²) in [5.74, 6) is 0. The van der Waals surface area contributed by atoms with Crippen LogP contribution >= 0.6 is 11.6 Å². The van der Waals surface area contributed by atoms with E-state index in [1.807, 2.05) is 12.1 Å². The van der Waals surface area contributed by atoms with E-state index in [4.69, 9.17) is 16.3 Å². The van der Waals surface area contributed by atoms with E-state index >= 15 is 0 Å². The van der Waals surface area contributed by atoms with Crippen LogP contribution in [0.2, 0.25) is 5.02 Å². The maximum atomic E-state index is 5.94. The summed E-state index contributed by atoms with van der Waals surface area (Å²) >= 11 is 5.94. The second-order valence-corrected chi connectivity index (χ2v) is 5.13. The van der Waals surface area contributed by atoms with Gasteiger partial charge in [-0.2, -0.15) is 0 Å². The van der Waals surface area contributed by atoms with E-state index in [1.54, 1.807) is 0 Å². The van der Waals surface area contributed by atoms with E-state index in [0.29, 0.717) is 12.1 Å². The normalized spacial score (nSPS) is 23.5. The molecule has 1 aromatic rings. The average molecular weight is 254 g/mol. The molecule has 17 heavy (non-hydrogen) atoms. The molecule has 1 aromatic carbocycles. The van der Waals surface area contributed by atoms with E-state index in [2.05, 4.69) is 25.2 Å². The van der Waals surface area contributed by atoms with Gasteiger partial charge in [0.15, 0.2) is 0 Å². The van der Waals surface area contributed by atoms with Gasteiger partial charge in [0.1, 0.15) is 0 Å². The number of nitrogens with one attached hydrogen (secondary N) is 1. The molecule has 0 atom stereocenters. The van der Waals surface area contributed by atoms with Crippen LogP contribution in [0.25, 0.3) is 0 Å². The van der Waals surface area contributed by atoms with E-state index < -0.39 is 0 Å². The van der Waals surface area contributed by atoms with Crippen LogP contribution < -0.4 is 5.32 Å². The highest BCUT2D eigenvalue weighted by molar-refractivity contribution is 6.30. The molecule has 1 aliphatic rings. The molecule has 0 saturated heterocycles. The Kier molecular flexibility index (Phi) is 4.43. The van der Waals surface area contributed by atoms with Crippen LogP contribution in [0, 0.1) is 6.92 Å². The third-order valence-corrected chi connectivity index (χ3v) is 3.62. The summed E-state index contributed by atoms with van der Waals surface area (Å²) in [4.78, 5) is 0. The number of ether oxygens (including phenoxy) is 1. The molecule has 1 aliphatic carbocycles. The molecule has 2 rings (SSSR count). The second-order valence-electron chi connectivity index (χ2n) is 4.70. The first kappa shape index (κ1) is 12.9. The monoisotopic (exact) mass is 253 g/mol. The van der Waals surface area contributed by atoms with Crippen LogP contribution in [0.4, 0.5) is 0 Å². The fourth-order valence-corrected chi connectivity index (χ4v) is 2.44. The highest BCUT2D eigenvalue weighted by atomic mass is 35.5. The molecular weight excluding hydrogens is 234 g/mol. The molecule has 2 nitrogen and oxygen atoms in total. The van der Waals surface area contributed by atoms with Gasteiger partial charge >= 0.3 is 0 Å². The van der Waals surface area contributed by atoms with Crippen molar-refractivity contribution in [1.29, 1.82) is 0 Å². The topological polar surface area (TPSA) is 21.3 Å². The predicted molar refractivity (Wildman–Crippen MR) is 71.5 cm³/mol. The number of halogens is 1. The van der Waals surface area contributed by atoms with Crippen LogP contribution in [0.15, 0.2) is 18.2 Å². The molecule has 3 heteroatoms. The number of hydrogen-bond donors (Lipinski definition) is 1. The Morgan fingerprint density at radius 2 is 2.18 bits per heavy atom. The molecule has 0 aromatic heterocycles. The molecule has 0 radical (unpaired) electrons. The van der Waals surface area contributed by atoms with E-state index in [9.17, 15) is 0 Å². The number of benzene rings is 1. The standard InChI is InChI=1S/C14H20ClNO/c1-3-17-14-7-13(8-14)16-9-11-4-5-12(15)6-10(11)2/h4-6,13-14,16H,3,7-9H2,1-2H3. The van der Waals surface area contributed by atoms with Gasteiger partial charge in [-0.25, -0.2) is 0 Å². The van der Waals surface area contributed by atoms with Crippen LogP contribution in [-0.2, 0) is 11.3 Å². The maximum absolute atomic E-state index is 5.94. The van der Waals surface area contributed by atoms with Crippen molar-refractivity contribution >= 4 is 11.6 Å². The summed E-state index contributed by atoms with van der Waals surface area (Å²) in [7, 11) is 0. The van der Waals surface area contributed by atoms with Gasteiger partial charge < -0.3 is 10.1 Å². The van der Waals surface area contributed by atoms with Crippen molar-refractivity contribution in [3.05, 3.63) is 34.3 Å². The van der Waals surface area contributed by atoms with E-state index in [-0.39, 0.29) is 0 Å². The summed E-state index contributed by atoms with van der Waals surface area (Å²) in [6, 6.07) is 6.68. The van der Waals surface area contributed by atoms with Crippen molar-refractivity contribution in [3.8, 4) is 0 Å². The van der Waals surface area contributed by atoms with E-state index in [1.165, 1.54) is 11.1 Å². The lowest BCUT2D eigenvalue weighted by atomic mass is 9.89. The van der Waals surface area contributed by atoms with Gasteiger partial charge in [-0.15, -0.1) is 0 Å². The van der Waals surface area contributed by atoms with Crippen molar-refractivity contribution in [2.24, 2.45) is 0 Å². The van der Waals surface area contributed by atoms with Gasteiger partial charge in [0.05, 0.1) is 6.10 Å². The van der Waals surface area contributed by atoms with Crippen molar-refractivity contribution in [2.45, 2.75) is 45.4 Å². The first-order valence-corrected chi connectivity index (χ1v) is 6.67. The Bertz CT molecular complexity index is 374. The fraction of sp³-hybridized carbons (Fsp3) is 0.571. The fourth-order valence-electron chi connectivity index (χ4n) is 2.22. The molecule has 1 saturated carbocycles. The minimum atomic E-state index is 0.476. The molecule has 0 aliphatic heterocycles. The highest BCUT2D eigenvalue weighted by Gasteiger charge is 2.28. The quantitative estimate of drug-likeness (QED) is 0.869. The first-order valence-electron chi connectivity index (χ1n) is 6.29. The van der Waals surface area contributed by atoms with Gasteiger partial charge in [-0.1, -0.05) is 17.7 Å². The first-order chi connectivity index (χ1) is 8.19.